The maximum Gasteiger partial charge on any atom is 0.335 e. The molecular weight excluding hydrogens is 384 g/mol. The number of hydrogen-bond acceptors (Lipinski definition) is 6. The zero-order valence-electron chi connectivity index (χ0n) is 15.5. The highest BCUT2D eigenvalue weighted by molar-refractivity contribution is 7.91. The third-order valence-corrected chi connectivity index (χ3v) is 6.16. The Labute approximate surface area is 161 Å². The van der Waals surface area contributed by atoms with Crippen molar-refractivity contribution in [3.63, 3.8) is 0 Å². The third kappa shape index (κ3) is 3.60. The van der Waals surface area contributed by atoms with Crippen molar-refractivity contribution in [2.75, 3.05) is 12.4 Å². The first-order valence-corrected chi connectivity index (χ1v) is 10.6. The van der Waals surface area contributed by atoms with Crippen molar-refractivity contribution >= 4 is 37.7 Å². The van der Waals surface area contributed by atoms with Gasteiger partial charge in [-0.15, -0.1) is 0 Å². The molecule has 0 aliphatic heterocycles. The Hall–Kier alpha value is -2.87. The number of carboxylic acid groups (broad SMARTS) is 1. The maximum absolute atomic E-state index is 13.0. The number of carbonyl (C=O) groups is 1. The molecule has 0 bridgehead atoms. The lowest BCUT2D eigenvalue weighted by Gasteiger charge is -2.12. The minimum Gasteiger partial charge on any atom is -0.494 e. The number of rotatable bonds is 7. The van der Waals surface area contributed by atoms with Crippen LogP contribution in [0, 0.1) is 0 Å². The molecule has 0 saturated heterocycles. The number of hydrogen-bond donors (Lipinski definition) is 1. The SMILES string of the molecule is CCCOc1cc(S(=O)(=O)CCC)c2oc3ccc(C(=O)O)cc3c(=O)c2c1. The van der Waals surface area contributed by atoms with Crippen LogP contribution in [0.2, 0.25) is 0 Å². The Morgan fingerprint density at radius 3 is 2.50 bits per heavy atom. The quantitative estimate of drug-likeness (QED) is 0.599. The maximum atomic E-state index is 13.0. The Kier molecular flexibility index (Phi) is 5.42. The van der Waals surface area contributed by atoms with Crippen molar-refractivity contribution in [2.24, 2.45) is 0 Å². The summed E-state index contributed by atoms with van der Waals surface area (Å²) in [6.07, 6.45) is 1.12. The van der Waals surface area contributed by atoms with E-state index in [1.807, 2.05) is 6.92 Å². The molecule has 148 valence electrons. The summed E-state index contributed by atoms with van der Waals surface area (Å²) in [6.45, 7) is 4.02. The van der Waals surface area contributed by atoms with Gasteiger partial charge in [-0.1, -0.05) is 13.8 Å². The van der Waals surface area contributed by atoms with Crippen LogP contribution in [0.25, 0.3) is 21.9 Å². The topological polar surface area (TPSA) is 111 Å². The second-order valence-corrected chi connectivity index (χ2v) is 8.49. The van der Waals surface area contributed by atoms with E-state index in [1.165, 1.54) is 30.3 Å². The van der Waals surface area contributed by atoms with Crippen LogP contribution in [0.5, 0.6) is 5.75 Å². The molecule has 28 heavy (non-hydrogen) atoms. The molecule has 1 aromatic heterocycles. The lowest BCUT2D eigenvalue weighted by atomic mass is 10.1. The van der Waals surface area contributed by atoms with Crippen LogP contribution in [0.4, 0.5) is 0 Å². The van der Waals surface area contributed by atoms with E-state index in [9.17, 15) is 18.0 Å². The minimum absolute atomic E-state index is 0.0401. The number of benzene rings is 2. The van der Waals surface area contributed by atoms with E-state index in [1.54, 1.807) is 6.92 Å². The average molecular weight is 404 g/mol. The van der Waals surface area contributed by atoms with E-state index in [2.05, 4.69) is 0 Å². The number of sulfone groups is 1. The lowest BCUT2D eigenvalue weighted by Crippen LogP contribution is -2.11. The summed E-state index contributed by atoms with van der Waals surface area (Å²) in [6, 6.07) is 6.70. The molecule has 0 fully saturated rings. The van der Waals surface area contributed by atoms with E-state index in [0.29, 0.717) is 19.4 Å². The predicted molar refractivity (Wildman–Crippen MR) is 105 cm³/mol. The molecule has 3 aromatic rings. The van der Waals surface area contributed by atoms with Crippen LogP contribution in [0.15, 0.2) is 44.4 Å². The molecule has 8 heteroatoms. The molecule has 0 unspecified atom stereocenters. The zero-order valence-corrected chi connectivity index (χ0v) is 16.3. The van der Waals surface area contributed by atoms with Crippen LogP contribution in [0.1, 0.15) is 37.0 Å². The number of ether oxygens (including phenoxy) is 1. The van der Waals surface area contributed by atoms with Gasteiger partial charge in [-0.05, 0) is 37.1 Å². The van der Waals surface area contributed by atoms with Crippen LogP contribution < -0.4 is 10.2 Å². The van der Waals surface area contributed by atoms with E-state index in [4.69, 9.17) is 14.3 Å². The molecule has 1 N–H and O–H groups in total. The molecule has 3 rings (SSSR count). The van der Waals surface area contributed by atoms with Crippen LogP contribution in [-0.4, -0.2) is 31.9 Å². The molecule has 0 aliphatic rings. The van der Waals surface area contributed by atoms with E-state index in [-0.39, 0.29) is 43.9 Å². The fraction of sp³-hybridized carbons (Fsp3) is 0.300. The van der Waals surface area contributed by atoms with Crippen molar-refractivity contribution < 1.29 is 27.5 Å². The van der Waals surface area contributed by atoms with Gasteiger partial charge in [0.2, 0.25) is 5.43 Å². The summed E-state index contributed by atoms with van der Waals surface area (Å²) in [4.78, 5) is 24.1. The van der Waals surface area contributed by atoms with Gasteiger partial charge >= 0.3 is 5.97 Å². The Bertz CT molecular complexity index is 1220. The summed E-state index contributed by atoms with van der Waals surface area (Å²) in [7, 11) is -3.70. The molecular formula is C20H20O7S. The zero-order chi connectivity index (χ0) is 20.5. The largest absolute Gasteiger partial charge is 0.494 e. The van der Waals surface area contributed by atoms with Crippen molar-refractivity contribution in [2.45, 2.75) is 31.6 Å². The van der Waals surface area contributed by atoms with Gasteiger partial charge in [0.1, 0.15) is 16.2 Å². The summed E-state index contributed by atoms with van der Waals surface area (Å²) in [5, 5.41) is 9.28. The van der Waals surface area contributed by atoms with Gasteiger partial charge in [-0.25, -0.2) is 13.2 Å². The highest BCUT2D eigenvalue weighted by atomic mass is 32.2. The normalized spacial score (nSPS) is 11.8. The molecule has 2 aromatic carbocycles. The molecule has 0 spiro atoms. The molecule has 0 amide bonds. The molecule has 0 radical (unpaired) electrons. The first-order chi connectivity index (χ1) is 13.3. The smallest absolute Gasteiger partial charge is 0.335 e. The summed E-state index contributed by atoms with van der Waals surface area (Å²) < 4.78 is 36.9. The third-order valence-electron chi connectivity index (χ3n) is 4.24. The molecule has 0 aliphatic carbocycles. The standard InChI is InChI=1S/C20H20O7S/c1-3-7-26-13-10-15-18(21)14-9-12(20(22)23)5-6-16(14)27-19(15)17(11-13)28(24,25)8-4-2/h5-6,9-11H,3-4,7-8H2,1-2H3,(H,22,23). The number of carboxylic acids is 1. The Morgan fingerprint density at radius 2 is 1.86 bits per heavy atom. The Morgan fingerprint density at radius 1 is 1.11 bits per heavy atom. The second kappa shape index (κ2) is 7.63. The minimum atomic E-state index is -3.70. The highest BCUT2D eigenvalue weighted by Gasteiger charge is 2.23. The number of fused-ring (bicyclic) bond motifs is 2. The molecule has 7 nitrogen and oxygen atoms in total. The van der Waals surface area contributed by atoms with E-state index in [0.717, 1.165) is 0 Å². The highest BCUT2D eigenvalue weighted by Crippen LogP contribution is 2.31. The van der Waals surface area contributed by atoms with Crippen LogP contribution in [-0.2, 0) is 9.84 Å². The van der Waals surface area contributed by atoms with Gasteiger partial charge in [0.15, 0.2) is 15.4 Å². The predicted octanol–water partition coefficient (Wildman–Crippen LogP) is 3.62. The van der Waals surface area contributed by atoms with Crippen LogP contribution >= 0.6 is 0 Å². The van der Waals surface area contributed by atoms with Crippen molar-refractivity contribution in [1.29, 1.82) is 0 Å². The Balaban J connectivity index is 2.41. The average Bonchev–Trinajstić information content (AvgIpc) is 2.66. The first-order valence-electron chi connectivity index (χ1n) is 8.92. The van der Waals surface area contributed by atoms with Gasteiger partial charge in [-0.2, -0.15) is 0 Å². The summed E-state index contributed by atoms with van der Waals surface area (Å²) >= 11 is 0. The van der Waals surface area contributed by atoms with E-state index < -0.39 is 21.2 Å². The van der Waals surface area contributed by atoms with Crippen molar-refractivity contribution in [3.8, 4) is 5.75 Å². The lowest BCUT2D eigenvalue weighted by molar-refractivity contribution is 0.0697. The monoisotopic (exact) mass is 404 g/mol. The number of aromatic carboxylic acids is 1. The second-order valence-electron chi connectivity index (χ2n) is 6.41. The summed E-state index contributed by atoms with van der Waals surface area (Å²) in [5.41, 5.74) is -0.485. The first kappa shape index (κ1) is 19.9. The molecule has 1 heterocycles. The molecule has 0 atom stereocenters. The van der Waals surface area contributed by atoms with Gasteiger partial charge in [-0.3, -0.25) is 4.79 Å². The van der Waals surface area contributed by atoms with Crippen molar-refractivity contribution in [3.05, 3.63) is 46.1 Å². The fourth-order valence-electron chi connectivity index (χ4n) is 2.95. The van der Waals surface area contributed by atoms with Gasteiger partial charge in [0.05, 0.1) is 28.7 Å². The summed E-state index contributed by atoms with van der Waals surface area (Å²) in [5.74, 6) is -1.02. The van der Waals surface area contributed by atoms with Gasteiger partial charge < -0.3 is 14.3 Å². The fourth-order valence-corrected chi connectivity index (χ4v) is 4.44. The van der Waals surface area contributed by atoms with Gasteiger partial charge in [0, 0.05) is 6.07 Å². The molecule has 0 saturated carbocycles. The van der Waals surface area contributed by atoms with Crippen LogP contribution in [0.3, 0.4) is 0 Å². The van der Waals surface area contributed by atoms with Gasteiger partial charge in [0.25, 0.3) is 0 Å². The van der Waals surface area contributed by atoms with Crippen molar-refractivity contribution in [1.82, 2.24) is 0 Å². The van der Waals surface area contributed by atoms with E-state index >= 15 is 0 Å².